The molecule has 0 aromatic heterocycles. The molecule has 154 valence electrons. The van der Waals surface area contributed by atoms with Crippen molar-refractivity contribution >= 4 is 34.0 Å². The zero-order chi connectivity index (χ0) is 21.6. The van der Waals surface area contributed by atoms with E-state index < -0.39 is 30.2 Å². The molecule has 2 rings (SSSR count). The highest BCUT2D eigenvalue weighted by atomic mass is 79.9. The predicted molar refractivity (Wildman–Crippen MR) is 100 cm³/mol. The number of alkyl halides is 3. The van der Waals surface area contributed by atoms with Crippen LogP contribution in [0.25, 0.3) is 0 Å². The number of ether oxygens (including phenoxy) is 2. The summed E-state index contributed by atoms with van der Waals surface area (Å²) in [4.78, 5) is 22.6. The third-order valence-electron chi connectivity index (χ3n) is 3.46. The number of aliphatic carboxylic acids is 1. The van der Waals surface area contributed by atoms with E-state index in [2.05, 4.69) is 26.5 Å². The maximum absolute atomic E-state index is 12.7. The first kappa shape index (κ1) is 22.2. The molecule has 0 aliphatic carbocycles. The van der Waals surface area contributed by atoms with Crippen molar-refractivity contribution in [3.05, 3.63) is 57.6 Å². The van der Waals surface area contributed by atoms with E-state index in [1.54, 1.807) is 0 Å². The Labute approximate surface area is 171 Å². The molecular weight excluding hydrogens is 461 g/mol. The molecule has 0 fully saturated rings. The van der Waals surface area contributed by atoms with Gasteiger partial charge in [0.2, 0.25) is 0 Å². The highest BCUT2D eigenvalue weighted by molar-refractivity contribution is 9.10. The van der Waals surface area contributed by atoms with E-state index >= 15 is 0 Å². The molecule has 0 saturated heterocycles. The van der Waals surface area contributed by atoms with E-state index in [9.17, 15) is 22.8 Å². The number of benzene rings is 2. The van der Waals surface area contributed by atoms with Gasteiger partial charge in [-0.3, -0.25) is 4.79 Å². The Morgan fingerprint density at radius 2 is 1.97 bits per heavy atom. The summed E-state index contributed by atoms with van der Waals surface area (Å²) in [5, 5.41) is 12.4. The fourth-order valence-electron chi connectivity index (χ4n) is 2.12. The van der Waals surface area contributed by atoms with Crippen molar-refractivity contribution in [3.8, 4) is 11.5 Å². The van der Waals surface area contributed by atoms with Gasteiger partial charge in [0.05, 0.1) is 18.9 Å². The highest BCUT2D eigenvalue weighted by Gasteiger charge is 2.30. The molecule has 1 amide bonds. The smallest absolute Gasteiger partial charge is 0.416 e. The number of hydrogen-bond acceptors (Lipinski definition) is 5. The number of hydrogen-bond donors (Lipinski definition) is 2. The van der Waals surface area contributed by atoms with Gasteiger partial charge in [0.15, 0.2) is 18.1 Å². The Morgan fingerprint density at radius 3 is 2.59 bits per heavy atom. The van der Waals surface area contributed by atoms with Gasteiger partial charge < -0.3 is 14.6 Å². The zero-order valence-electron chi connectivity index (χ0n) is 14.8. The quantitative estimate of drug-likeness (QED) is 0.470. The van der Waals surface area contributed by atoms with E-state index in [4.69, 9.17) is 14.6 Å². The van der Waals surface area contributed by atoms with Crippen LogP contribution in [0.4, 0.5) is 13.2 Å². The molecule has 0 radical (unpaired) electrons. The molecule has 0 spiro atoms. The summed E-state index contributed by atoms with van der Waals surface area (Å²) in [6.07, 6.45) is -3.33. The summed E-state index contributed by atoms with van der Waals surface area (Å²) in [6.45, 7) is -0.566. The molecule has 0 unspecified atom stereocenters. The lowest BCUT2D eigenvalue weighted by atomic mass is 10.1. The van der Waals surface area contributed by atoms with Crippen LogP contribution in [0.1, 0.15) is 21.5 Å². The predicted octanol–water partition coefficient (Wildman–Crippen LogP) is 3.70. The minimum atomic E-state index is -4.56. The lowest BCUT2D eigenvalue weighted by molar-refractivity contribution is -0.139. The van der Waals surface area contributed by atoms with Gasteiger partial charge in [0.25, 0.3) is 5.91 Å². The summed E-state index contributed by atoms with van der Waals surface area (Å²) >= 11 is 3.25. The van der Waals surface area contributed by atoms with Gasteiger partial charge in [-0.2, -0.15) is 18.3 Å². The van der Waals surface area contributed by atoms with Crippen molar-refractivity contribution in [2.45, 2.75) is 6.18 Å². The lowest BCUT2D eigenvalue weighted by Gasteiger charge is -2.11. The van der Waals surface area contributed by atoms with Crippen LogP contribution in [0.2, 0.25) is 0 Å². The van der Waals surface area contributed by atoms with Gasteiger partial charge in [-0.25, -0.2) is 10.2 Å². The van der Waals surface area contributed by atoms with E-state index in [1.165, 1.54) is 31.5 Å². The Kier molecular flexibility index (Phi) is 7.21. The third kappa shape index (κ3) is 6.21. The first-order valence-corrected chi connectivity index (χ1v) is 8.64. The number of carbonyl (C=O) groups excluding carboxylic acids is 1. The van der Waals surface area contributed by atoms with Crippen LogP contribution in [-0.2, 0) is 11.0 Å². The van der Waals surface area contributed by atoms with E-state index in [0.717, 1.165) is 18.2 Å². The van der Waals surface area contributed by atoms with Crippen molar-refractivity contribution in [1.82, 2.24) is 5.43 Å². The van der Waals surface area contributed by atoms with Crippen LogP contribution in [0.3, 0.4) is 0 Å². The summed E-state index contributed by atoms with van der Waals surface area (Å²) in [5.74, 6) is -1.59. The van der Waals surface area contributed by atoms with E-state index in [1.807, 2.05) is 0 Å². The standard InChI is InChI=1S/C18H14BrF3N2O5/c1-28-14-6-11(13(19)7-15(14)29-9-16(25)26)8-23-24-17(27)10-3-2-4-12(5-10)18(20,21)22/h2-8H,9H2,1H3,(H,24,27)(H,25,26)/b23-8-. The van der Waals surface area contributed by atoms with Crippen molar-refractivity contribution in [2.75, 3.05) is 13.7 Å². The number of halogens is 4. The van der Waals surface area contributed by atoms with Crippen LogP contribution in [-0.4, -0.2) is 36.9 Å². The molecule has 0 heterocycles. The van der Waals surface area contributed by atoms with Gasteiger partial charge in [-0.05, 0) is 46.3 Å². The Balaban J connectivity index is 2.13. The van der Waals surface area contributed by atoms with E-state index in [-0.39, 0.29) is 17.1 Å². The number of nitrogens with zero attached hydrogens (tertiary/aromatic N) is 1. The Hall–Kier alpha value is -3.08. The summed E-state index contributed by atoms with van der Waals surface area (Å²) < 4.78 is 48.9. The number of carbonyl (C=O) groups is 2. The fourth-order valence-corrected chi connectivity index (χ4v) is 2.55. The van der Waals surface area contributed by atoms with Crippen molar-refractivity contribution < 1.29 is 37.3 Å². The summed E-state index contributed by atoms with van der Waals surface area (Å²) in [6, 6.07) is 6.86. The van der Waals surface area contributed by atoms with Crippen LogP contribution in [0.5, 0.6) is 11.5 Å². The van der Waals surface area contributed by atoms with Crippen LogP contribution < -0.4 is 14.9 Å². The number of carboxylic acids is 1. The minimum absolute atomic E-state index is 0.173. The number of rotatable bonds is 7. The second kappa shape index (κ2) is 9.41. The first-order valence-electron chi connectivity index (χ1n) is 7.84. The normalized spacial score (nSPS) is 11.3. The number of nitrogens with one attached hydrogen (secondary N) is 1. The maximum atomic E-state index is 12.7. The molecule has 2 aromatic carbocycles. The summed E-state index contributed by atoms with van der Waals surface area (Å²) in [7, 11) is 1.35. The number of amides is 1. The van der Waals surface area contributed by atoms with Gasteiger partial charge >= 0.3 is 12.1 Å². The Morgan fingerprint density at radius 1 is 1.24 bits per heavy atom. The largest absolute Gasteiger partial charge is 0.493 e. The molecule has 0 aliphatic rings. The minimum Gasteiger partial charge on any atom is -0.493 e. The molecule has 0 aliphatic heterocycles. The second-order valence-corrected chi connectivity index (χ2v) is 6.34. The number of hydrazone groups is 1. The van der Waals surface area contributed by atoms with Crippen LogP contribution >= 0.6 is 15.9 Å². The molecule has 0 saturated carbocycles. The molecule has 11 heteroatoms. The molecule has 7 nitrogen and oxygen atoms in total. The zero-order valence-corrected chi connectivity index (χ0v) is 16.4. The Bertz CT molecular complexity index is 948. The van der Waals surface area contributed by atoms with Gasteiger partial charge in [0, 0.05) is 15.6 Å². The number of methoxy groups -OCH3 is 1. The van der Waals surface area contributed by atoms with Crippen molar-refractivity contribution in [1.29, 1.82) is 0 Å². The molecule has 0 atom stereocenters. The van der Waals surface area contributed by atoms with Crippen LogP contribution in [0.15, 0.2) is 46.0 Å². The van der Waals surface area contributed by atoms with Gasteiger partial charge in [0.1, 0.15) is 0 Å². The maximum Gasteiger partial charge on any atom is 0.416 e. The molecule has 29 heavy (non-hydrogen) atoms. The monoisotopic (exact) mass is 474 g/mol. The lowest BCUT2D eigenvalue weighted by Crippen LogP contribution is -2.18. The van der Waals surface area contributed by atoms with Crippen molar-refractivity contribution in [3.63, 3.8) is 0 Å². The SMILES string of the molecule is COc1cc(/C=N\NC(=O)c2cccc(C(F)(F)F)c2)c(Br)cc1OCC(=O)O. The highest BCUT2D eigenvalue weighted by Crippen LogP contribution is 2.33. The molecular formula is C18H14BrF3N2O5. The topological polar surface area (TPSA) is 97.2 Å². The molecule has 2 aromatic rings. The number of carboxylic acid groups (broad SMARTS) is 1. The second-order valence-electron chi connectivity index (χ2n) is 5.48. The molecule has 0 bridgehead atoms. The first-order chi connectivity index (χ1) is 13.6. The van der Waals surface area contributed by atoms with Gasteiger partial charge in [-0.1, -0.05) is 6.07 Å². The third-order valence-corrected chi connectivity index (χ3v) is 4.14. The fraction of sp³-hybridized carbons (Fsp3) is 0.167. The average Bonchev–Trinajstić information content (AvgIpc) is 2.66. The average molecular weight is 475 g/mol. The van der Waals surface area contributed by atoms with E-state index in [0.29, 0.717) is 10.0 Å². The van der Waals surface area contributed by atoms with Crippen LogP contribution in [0, 0.1) is 0 Å². The van der Waals surface area contributed by atoms with Crippen molar-refractivity contribution in [2.24, 2.45) is 5.10 Å². The van der Waals surface area contributed by atoms with Gasteiger partial charge in [-0.15, -0.1) is 0 Å². The molecule has 2 N–H and O–H groups in total. The summed E-state index contributed by atoms with van der Waals surface area (Å²) in [5.41, 5.74) is 1.43.